The molecule has 1 fully saturated rings. The number of likely N-dealkylation sites (tertiary alicyclic amines) is 1. The summed E-state index contributed by atoms with van der Waals surface area (Å²) in [6, 6.07) is 16.8. The summed E-state index contributed by atoms with van der Waals surface area (Å²) in [4.78, 5) is 26.6. The minimum absolute atomic E-state index is 0.134. The van der Waals surface area contributed by atoms with Gasteiger partial charge in [0, 0.05) is 18.5 Å². The first-order valence-electron chi connectivity index (χ1n) is 9.17. The number of para-hydroxylation sites is 1. The number of piperidine rings is 1. The zero-order valence-corrected chi connectivity index (χ0v) is 14.9. The number of amides is 1. The molecule has 1 aliphatic rings. The Bertz CT molecular complexity index is 992. The molecule has 6 heteroatoms. The number of ether oxygens (including phenoxy) is 1. The molecule has 27 heavy (non-hydrogen) atoms. The van der Waals surface area contributed by atoms with E-state index in [0.29, 0.717) is 42.1 Å². The van der Waals surface area contributed by atoms with Gasteiger partial charge in [0.1, 0.15) is 5.75 Å². The third-order valence-corrected chi connectivity index (χ3v) is 5.03. The van der Waals surface area contributed by atoms with E-state index in [-0.39, 0.29) is 11.5 Å². The summed E-state index contributed by atoms with van der Waals surface area (Å²) in [5, 5.41) is 7.55. The number of carbonyl (C=O) groups is 1. The van der Waals surface area contributed by atoms with E-state index >= 15 is 0 Å². The lowest BCUT2D eigenvalue weighted by Gasteiger charge is -2.31. The molecule has 0 bridgehead atoms. The Balaban J connectivity index is 1.41. The highest BCUT2D eigenvalue weighted by atomic mass is 16.5. The average Bonchev–Trinajstić information content (AvgIpc) is 2.73. The molecule has 6 nitrogen and oxygen atoms in total. The number of H-pyrrole nitrogens is 1. The fourth-order valence-corrected chi connectivity index (χ4v) is 3.46. The fourth-order valence-electron chi connectivity index (χ4n) is 3.46. The first-order chi connectivity index (χ1) is 13.2. The summed E-state index contributed by atoms with van der Waals surface area (Å²) in [6.07, 6.45) is 1.78. The van der Waals surface area contributed by atoms with Crippen LogP contribution in [0.4, 0.5) is 0 Å². The van der Waals surface area contributed by atoms with Gasteiger partial charge in [-0.1, -0.05) is 36.4 Å². The van der Waals surface area contributed by atoms with Gasteiger partial charge < -0.3 is 9.64 Å². The van der Waals surface area contributed by atoms with Gasteiger partial charge in [-0.15, -0.1) is 0 Å². The predicted molar refractivity (Wildman–Crippen MR) is 103 cm³/mol. The second-order valence-corrected chi connectivity index (χ2v) is 6.81. The molecule has 1 amide bonds. The minimum Gasteiger partial charge on any atom is -0.493 e. The molecule has 3 aromatic rings. The molecule has 1 aliphatic heterocycles. The van der Waals surface area contributed by atoms with Gasteiger partial charge in [-0.25, -0.2) is 5.10 Å². The molecule has 0 unspecified atom stereocenters. The van der Waals surface area contributed by atoms with Crippen LogP contribution in [0.25, 0.3) is 10.8 Å². The van der Waals surface area contributed by atoms with E-state index in [1.54, 1.807) is 18.2 Å². The van der Waals surface area contributed by atoms with Crippen LogP contribution >= 0.6 is 0 Å². The Hall–Kier alpha value is -3.15. The van der Waals surface area contributed by atoms with E-state index in [4.69, 9.17) is 4.74 Å². The molecule has 0 atom stereocenters. The van der Waals surface area contributed by atoms with Crippen LogP contribution in [-0.4, -0.2) is 40.7 Å². The Morgan fingerprint density at radius 2 is 1.70 bits per heavy atom. The molecule has 4 rings (SSSR count). The molecule has 0 aliphatic carbocycles. The quantitative estimate of drug-likeness (QED) is 0.773. The third kappa shape index (κ3) is 3.69. The van der Waals surface area contributed by atoms with Crippen molar-refractivity contribution in [3.05, 3.63) is 70.6 Å². The zero-order valence-electron chi connectivity index (χ0n) is 14.9. The normalized spacial score (nSPS) is 15.0. The van der Waals surface area contributed by atoms with Crippen LogP contribution in [0.15, 0.2) is 59.4 Å². The smallest absolute Gasteiger partial charge is 0.274 e. The van der Waals surface area contributed by atoms with Gasteiger partial charge in [0.25, 0.3) is 11.5 Å². The molecule has 0 radical (unpaired) electrons. The number of rotatable bonds is 4. The van der Waals surface area contributed by atoms with E-state index in [1.165, 1.54) is 0 Å². The number of nitrogens with one attached hydrogen (secondary N) is 1. The number of hydrogen-bond donors (Lipinski definition) is 1. The van der Waals surface area contributed by atoms with E-state index in [1.807, 2.05) is 41.3 Å². The lowest BCUT2D eigenvalue weighted by molar-refractivity contribution is 0.0656. The topological polar surface area (TPSA) is 75.3 Å². The van der Waals surface area contributed by atoms with Crippen molar-refractivity contribution >= 4 is 16.7 Å². The van der Waals surface area contributed by atoms with E-state index in [0.717, 1.165) is 18.6 Å². The highest BCUT2D eigenvalue weighted by Crippen LogP contribution is 2.22. The van der Waals surface area contributed by atoms with Crippen LogP contribution in [0, 0.1) is 5.92 Å². The molecular weight excluding hydrogens is 342 g/mol. The molecule has 0 spiro atoms. The first kappa shape index (κ1) is 17.3. The van der Waals surface area contributed by atoms with Crippen LogP contribution in [0.1, 0.15) is 23.3 Å². The maximum Gasteiger partial charge on any atom is 0.274 e. The largest absolute Gasteiger partial charge is 0.493 e. The van der Waals surface area contributed by atoms with Crippen molar-refractivity contribution < 1.29 is 9.53 Å². The summed E-state index contributed by atoms with van der Waals surface area (Å²) in [7, 11) is 0. The Morgan fingerprint density at radius 1 is 1.04 bits per heavy atom. The number of nitrogens with zero attached hydrogens (tertiary/aromatic N) is 2. The van der Waals surface area contributed by atoms with Crippen LogP contribution in [0.5, 0.6) is 5.75 Å². The minimum atomic E-state index is -0.279. The maximum absolute atomic E-state index is 12.9. The number of aromatic nitrogens is 2. The fraction of sp³-hybridized carbons (Fsp3) is 0.286. The highest BCUT2D eigenvalue weighted by Gasteiger charge is 2.26. The summed E-state index contributed by atoms with van der Waals surface area (Å²) in [5.74, 6) is 1.17. The van der Waals surface area contributed by atoms with Crippen LogP contribution in [0.3, 0.4) is 0 Å². The second-order valence-electron chi connectivity index (χ2n) is 6.81. The average molecular weight is 363 g/mol. The van der Waals surface area contributed by atoms with Crippen molar-refractivity contribution in [2.75, 3.05) is 19.7 Å². The van der Waals surface area contributed by atoms with E-state index in [9.17, 15) is 9.59 Å². The number of fused-ring (bicyclic) bond motifs is 1. The zero-order chi connectivity index (χ0) is 18.6. The summed E-state index contributed by atoms with van der Waals surface area (Å²) in [6.45, 7) is 1.99. The van der Waals surface area contributed by atoms with Crippen molar-refractivity contribution in [2.45, 2.75) is 12.8 Å². The maximum atomic E-state index is 12.9. The second kappa shape index (κ2) is 7.61. The molecule has 2 heterocycles. The van der Waals surface area contributed by atoms with Crippen molar-refractivity contribution in [1.29, 1.82) is 0 Å². The Kier molecular flexibility index (Phi) is 4.87. The third-order valence-electron chi connectivity index (χ3n) is 5.03. The molecule has 1 aromatic heterocycles. The number of aromatic amines is 1. The van der Waals surface area contributed by atoms with Gasteiger partial charge in [0.2, 0.25) is 0 Å². The first-order valence-corrected chi connectivity index (χ1v) is 9.17. The highest BCUT2D eigenvalue weighted by molar-refractivity contribution is 6.04. The standard InChI is InChI=1S/C21H21N3O3/c25-20-18-9-5-4-8-17(18)19(22-23-20)21(26)24-12-10-15(11-13-24)14-27-16-6-2-1-3-7-16/h1-9,15H,10-14H2,(H,23,25). The SMILES string of the molecule is O=C(c1n[nH]c(=O)c2ccccc12)N1CCC(COc2ccccc2)CC1. The summed E-state index contributed by atoms with van der Waals surface area (Å²) >= 11 is 0. The Morgan fingerprint density at radius 3 is 2.44 bits per heavy atom. The van der Waals surface area contributed by atoms with Gasteiger partial charge in [0.15, 0.2) is 5.69 Å². The Labute approximate surface area is 156 Å². The lowest BCUT2D eigenvalue weighted by Crippen LogP contribution is -2.40. The van der Waals surface area contributed by atoms with Crippen molar-refractivity contribution in [1.82, 2.24) is 15.1 Å². The molecule has 0 saturated carbocycles. The molecule has 1 N–H and O–H groups in total. The van der Waals surface area contributed by atoms with Gasteiger partial charge >= 0.3 is 0 Å². The lowest BCUT2D eigenvalue weighted by atomic mass is 9.97. The number of hydrogen-bond acceptors (Lipinski definition) is 4. The van der Waals surface area contributed by atoms with Gasteiger partial charge in [-0.3, -0.25) is 9.59 Å². The van der Waals surface area contributed by atoms with Crippen molar-refractivity contribution in [3.63, 3.8) is 0 Å². The van der Waals surface area contributed by atoms with Crippen LogP contribution < -0.4 is 10.3 Å². The van der Waals surface area contributed by atoms with Gasteiger partial charge in [-0.2, -0.15) is 5.10 Å². The van der Waals surface area contributed by atoms with Gasteiger partial charge in [0.05, 0.1) is 12.0 Å². The van der Waals surface area contributed by atoms with Crippen LogP contribution in [0.2, 0.25) is 0 Å². The molecule has 1 saturated heterocycles. The van der Waals surface area contributed by atoms with Crippen molar-refractivity contribution in [2.24, 2.45) is 5.92 Å². The molecule has 138 valence electrons. The van der Waals surface area contributed by atoms with Crippen LogP contribution in [-0.2, 0) is 0 Å². The number of benzene rings is 2. The van der Waals surface area contributed by atoms with Gasteiger partial charge in [-0.05, 0) is 37.0 Å². The molecular formula is C21H21N3O3. The summed E-state index contributed by atoms with van der Waals surface area (Å²) in [5.41, 5.74) is 0.0307. The van der Waals surface area contributed by atoms with E-state index < -0.39 is 0 Å². The predicted octanol–water partition coefficient (Wildman–Crippen LogP) is 2.85. The van der Waals surface area contributed by atoms with E-state index in [2.05, 4.69) is 10.2 Å². The molecule has 2 aromatic carbocycles. The summed E-state index contributed by atoms with van der Waals surface area (Å²) < 4.78 is 5.84. The van der Waals surface area contributed by atoms with Crippen molar-refractivity contribution in [3.8, 4) is 5.75 Å². The monoisotopic (exact) mass is 363 g/mol. The number of carbonyl (C=O) groups excluding carboxylic acids is 1.